The average Bonchev–Trinajstić information content (AvgIpc) is 2.33. The minimum atomic E-state index is -1.37. The van der Waals surface area contributed by atoms with Crippen molar-refractivity contribution >= 4 is 11.9 Å². The van der Waals surface area contributed by atoms with E-state index >= 15 is 0 Å². The molecule has 2 N–H and O–H groups in total. The molecule has 0 bridgehead atoms. The van der Waals surface area contributed by atoms with Gasteiger partial charge in [0.05, 0.1) is 0 Å². The van der Waals surface area contributed by atoms with Crippen LogP contribution in [0.1, 0.15) is 59.8 Å². The molecule has 0 spiro atoms. The molecule has 1 rings (SSSR count). The summed E-state index contributed by atoms with van der Waals surface area (Å²) in [7, 11) is 0. The molecule has 0 fully saturated rings. The second-order valence-corrected chi connectivity index (χ2v) is 6.70. The van der Waals surface area contributed by atoms with Crippen LogP contribution in [0.3, 0.4) is 0 Å². The number of hydrogen-bond acceptors (Lipinski definition) is 2. The maximum Gasteiger partial charge on any atom is 0.342 e. The first-order valence-corrected chi connectivity index (χ1v) is 7.52. The van der Waals surface area contributed by atoms with Gasteiger partial charge >= 0.3 is 11.9 Å². The first-order chi connectivity index (χ1) is 9.65. The van der Waals surface area contributed by atoms with Gasteiger partial charge in [-0.05, 0) is 50.4 Å². The van der Waals surface area contributed by atoms with E-state index in [0.717, 1.165) is 19.3 Å². The third-order valence-corrected chi connectivity index (χ3v) is 4.45. The van der Waals surface area contributed by atoms with Gasteiger partial charge in [-0.3, -0.25) is 0 Å². The number of hydrogen-bond donors (Lipinski definition) is 2. The van der Waals surface area contributed by atoms with Crippen molar-refractivity contribution in [3.8, 4) is 0 Å². The summed E-state index contributed by atoms with van der Waals surface area (Å²) in [5.41, 5.74) is 2.57. The van der Waals surface area contributed by atoms with Gasteiger partial charge < -0.3 is 10.2 Å². The second kappa shape index (κ2) is 6.92. The van der Waals surface area contributed by atoms with Crippen LogP contribution in [0.5, 0.6) is 0 Å². The summed E-state index contributed by atoms with van der Waals surface area (Å²) in [6.07, 6.45) is 6.58. The van der Waals surface area contributed by atoms with E-state index in [1.165, 1.54) is 30.1 Å². The van der Waals surface area contributed by atoms with Crippen molar-refractivity contribution in [1.82, 2.24) is 0 Å². The first kappa shape index (κ1) is 17.5. The van der Waals surface area contributed by atoms with E-state index in [1.54, 1.807) is 0 Å². The van der Waals surface area contributed by atoms with Crippen LogP contribution in [0.15, 0.2) is 22.8 Å². The maximum absolute atomic E-state index is 10.9. The molecular formula is C17H26O4. The van der Waals surface area contributed by atoms with Crippen molar-refractivity contribution in [2.45, 2.75) is 59.8 Å². The summed E-state index contributed by atoms with van der Waals surface area (Å²) in [6, 6.07) is 0. The number of carbonyl (C=O) groups is 2. The van der Waals surface area contributed by atoms with Gasteiger partial charge in [0.15, 0.2) is 0 Å². The topological polar surface area (TPSA) is 74.6 Å². The number of carboxylic acid groups (broad SMARTS) is 2. The highest BCUT2D eigenvalue weighted by Gasteiger charge is 2.28. The summed E-state index contributed by atoms with van der Waals surface area (Å²) >= 11 is 0. The molecule has 0 aromatic carbocycles. The molecule has 1 aliphatic rings. The van der Waals surface area contributed by atoms with E-state index in [1.807, 2.05) is 6.92 Å². The molecule has 0 aromatic heterocycles. The van der Waals surface area contributed by atoms with Crippen LogP contribution >= 0.6 is 0 Å². The third-order valence-electron chi connectivity index (χ3n) is 4.45. The molecule has 0 radical (unpaired) electrons. The fraction of sp³-hybridized carbons (Fsp3) is 0.647. The van der Waals surface area contributed by atoms with E-state index in [4.69, 9.17) is 10.2 Å². The van der Waals surface area contributed by atoms with Crippen molar-refractivity contribution in [3.05, 3.63) is 22.8 Å². The summed E-state index contributed by atoms with van der Waals surface area (Å²) in [4.78, 5) is 21.8. The van der Waals surface area contributed by atoms with E-state index < -0.39 is 17.5 Å². The lowest BCUT2D eigenvalue weighted by Gasteiger charge is -2.35. The molecule has 4 nitrogen and oxygen atoms in total. The molecular weight excluding hydrogens is 268 g/mol. The van der Waals surface area contributed by atoms with E-state index in [9.17, 15) is 9.59 Å². The Bertz CT molecular complexity index is 467. The second-order valence-electron chi connectivity index (χ2n) is 6.70. The summed E-state index contributed by atoms with van der Waals surface area (Å²) in [5.74, 6) is -2.81. The Kier molecular flexibility index (Phi) is 5.76. The Balaban J connectivity index is 2.76. The lowest BCUT2D eigenvalue weighted by atomic mass is 9.71. The monoisotopic (exact) mass is 294 g/mol. The smallest absolute Gasteiger partial charge is 0.342 e. The van der Waals surface area contributed by atoms with Crippen LogP contribution in [0.25, 0.3) is 0 Å². The standard InChI is InChI=1S/C17H26O4/c1-11(10-13(15(18)19)16(20)21)7-8-14-12(2)6-5-9-17(14,3)4/h10-11H,5-9H2,1-4H3,(H,18,19)(H,20,21). The third kappa shape index (κ3) is 4.73. The number of allylic oxidation sites excluding steroid dienone is 3. The Morgan fingerprint density at radius 3 is 2.33 bits per heavy atom. The summed E-state index contributed by atoms with van der Waals surface area (Å²) < 4.78 is 0. The van der Waals surface area contributed by atoms with Crippen molar-refractivity contribution in [1.29, 1.82) is 0 Å². The van der Waals surface area contributed by atoms with Gasteiger partial charge in [0.1, 0.15) is 5.57 Å². The highest BCUT2D eigenvalue weighted by atomic mass is 16.4. The lowest BCUT2D eigenvalue weighted by molar-refractivity contribution is -0.140. The number of rotatable bonds is 6. The predicted octanol–water partition coefficient (Wildman–Crippen LogP) is 4.02. The molecule has 0 aliphatic heterocycles. The zero-order valence-electron chi connectivity index (χ0n) is 13.4. The van der Waals surface area contributed by atoms with Gasteiger partial charge in [0, 0.05) is 0 Å². The molecule has 1 atom stereocenters. The van der Waals surface area contributed by atoms with Gasteiger partial charge in [-0.2, -0.15) is 0 Å². The van der Waals surface area contributed by atoms with Gasteiger partial charge in [-0.1, -0.05) is 38.0 Å². The molecule has 1 aliphatic carbocycles. The van der Waals surface area contributed by atoms with E-state index in [2.05, 4.69) is 20.8 Å². The van der Waals surface area contributed by atoms with Crippen LogP contribution in [0.2, 0.25) is 0 Å². The molecule has 118 valence electrons. The summed E-state index contributed by atoms with van der Waals surface area (Å²) in [5, 5.41) is 17.8. The van der Waals surface area contributed by atoms with Crippen LogP contribution in [0, 0.1) is 11.3 Å². The molecule has 0 heterocycles. The van der Waals surface area contributed by atoms with Crippen molar-refractivity contribution in [2.75, 3.05) is 0 Å². The van der Waals surface area contributed by atoms with Crippen molar-refractivity contribution in [3.63, 3.8) is 0 Å². The van der Waals surface area contributed by atoms with Crippen LogP contribution in [-0.2, 0) is 9.59 Å². The SMILES string of the molecule is CC1=C(CCC(C)C=C(C(=O)O)C(=O)O)C(C)(C)CCC1. The maximum atomic E-state index is 10.9. The van der Waals surface area contributed by atoms with Crippen LogP contribution in [0.4, 0.5) is 0 Å². The minimum Gasteiger partial charge on any atom is -0.477 e. The molecule has 0 aromatic rings. The molecule has 1 unspecified atom stereocenters. The average molecular weight is 294 g/mol. The predicted molar refractivity (Wildman–Crippen MR) is 82.1 cm³/mol. The number of aliphatic carboxylic acids is 2. The largest absolute Gasteiger partial charge is 0.477 e. The van der Waals surface area contributed by atoms with Crippen LogP contribution in [-0.4, -0.2) is 22.2 Å². The zero-order chi connectivity index (χ0) is 16.2. The van der Waals surface area contributed by atoms with Gasteiger partial charge in [0.2, 0.25) is 0 Å². The fourth-order valence-corrected chi connectivity index (χ4v) is 3.20. The fourth-order valence-electron chi connectivity index (χ4n) is 3.20. The van der Waals surface area contributed by atoms with Gasteiger partial charge in [-0.25, -0.2) is 9.59 Å². The Labute approximate surface area is 126 Å². The van der Waals surface area contributed by atoms with E-state index in [0.29, 0.717) is 0 Å². The van der Waals surface area contributed by atoms with Gasteiger partial charge in [-0.15, -0.1) is 0 Å². The van der Waals surface area contributed by atoms with Crippen molar-refractivity contribution in [2.24, 2.45) is 11.3 Å². The Morgan fingerprint density at radius 2 is 1.86 bits per heavy atom. The molecule has 0 saturated carbocycles. The quantitative estimate of drug-likeness (QED) is 0.336. The van der Waals surface area contributed by atoms with Crippen molar-refractivity contribution < 1.29 is 19.8 Å². The van der Waals surface area contributed by atoms with Gasteiger partial charge in [0.25, 0.3) is 0 Å². The highest BCUT2D eigenvalue weighted by molar-refractivity contribution is 6.12. The molecule has 21 heavy (non-hydrogen) atoms. The Hall–Kier alpha value is -1.58. The Morgan fingerprint density at radius 1 is 1.29 bits per heavy atom. The van der Waals surface area contributed by atoms with E-state index in [-0.39, 0.29) is 11.3 Å². The lowest BCUT2D eigenvalue weighted by Crippen LogP contribution is -2.21. The number of carboxylic acids is 2. The zero-order valence-corrected chi connectivity index (χ0v) is 13.4. The highest BCUT2D eigenvalue weighted by Crippen LogP contribution is 2.42. The minimum absolute atomic E-state index is 0.0646. The summed E-state index contributed by atoms with van der Waals surface area (Å²) in [6.45, 7) is 8.56. The molecule has 0 amide bonds. The normalized spacial score (nSPS) is 19.0. The molecule has 0 saturated heterocycles. The first-order valence-electron chi connectivity index (χ1n) is 7.52. The van der Waals surface area contributed by atoms with Crippen LogP contribution < -0.4 is 0 Å². The molecule has 4 heteroatoms.